The number of likely N-dealkylation sites (tertiary alicyclic amines) is 1. The molecule has 2 aromatic carbocycles. The van der Waals surface area contributed by atoms with Gasteiger partial charge in [0.1, 0.15) is 5.75 Å². The van der Waals surface area contributed by atoms with E-state index < -0.39 is 0 Å². The van der Waals surface area contributed by atoms with Gasteiger partial charge in [-0.1, -0.05) is 24.3 Å². The highest BCUT2D eigenvalue weighted by Gasteiger charge is 2.32. The first-order valence-electron chi connectivity index (χ1n) is 10.5. The Bertz CT molecular complexity index is 916. The number of nitrogens with zero attached hydrogens (tertiary/aromatic N) is 1. The van der Waals surface area contributed by atoms with Crippen LogP contribution in [0.4, 0.5) is 0 Å². The van der Waals surface area contributed by atoms with E-state index in [1.54, 1.807) is 7.11 Å². The Morgan fingerprint density at radius 3 is 2.60 bits per heavy atom. The van der Waals surface area contributed by atoms with E-state index in [1.807, 2.05) is 41.3 Å². The van der Waals surface area contributed by atoms with Gasteiger partial charge < -0.3 is 20.7 Å². The summed E-state index contributed by atoms with van der Waals surface area (Å²) in [5, 5.41) is 4.79. The van der Waals surface area contributed by atoms with Gasteiger partial charge in [0.05, 0.1) is 13.0 Å². The van der Waals surface area contributed by atoms with Crippen LogP contribution >= 0.6 is 12.4 Å². The van der Waals surface area contributed by atoms with Crippen LogP contribution < -0.4 is 15.8 Å². The fraction of sp³-hybridized carbons (Fsp3) is 0.478. The second-order valence-corrected chi connectivity index (χ2v) is 8.20. The molecule has 4 rings (SSSR count). The van der Waals surface area contributed by atoms with Crippen molar-refractivity contribution < 1.29 is 14.3 Å². The summed E-state index contributed by atoms with van der Waals surface area (Å²) in [7, 11) is 1.63. The molecule has 3 N–H and O–H groups in total. The van der Waals surface area contributed by atoms with E-state index in [2.05, 4.69) is 5.32 Å². The van der Waals surface area contributed by atoms with Crippen molar-refractivity contribution in [2.45, 2.75) is 31.7 Å². The summed E-state index contributed by atoms with van der Waals surface area (Å²) in [6.45, 7) is 1.64. The summed E-state index contributed by atoms with van der Waals surface area (Å²) >= 11 is 0. The molecule has 30 heavy (non-hydrogen) atoms. The van der Waals surface area contributed by atoms with Crippen molar-refractivity contribution in [3.05, 3.63) is 42.0 Å². The van der Waals surface area contributed by atoms with Crippen LogP contribution in [0.15, 0.2) is 36.4 Å². The van der Waals surface area contributed by atoms with Crippen LogP contribution in [0.1, 0.15) is 36.0 Å². The van der Waals surface area contributed by atoms with Crippen LogP contribution in [0.5, 0.6) is 5.75 Å². The van der Waals surface area contributed by atoms with Gasteiger partial charge in [-0.2, -0.15) is 0 Å². The molecule has 2 fully saturated rings. The average molecular weight is 432 g/mol. The number of hydrogen-bond acceptors (Lipinski definition) is 4. The number of carbonyl (C=O) groups excluding carboxylic acids is 2. The van der Waals surface area contributed by atoms with Gasteiger partial charge in [-0.05, 0) is 49.1 Å². The zero-order chi connectivity index (χ0) is 20.4. The molecule has 162 valence electrons. The van der Waals surface area contributed by atoms with Crippen LogP contribution in [0.25, 0.3) is 10.8 Å². The zero-order valence-corrected chi connectivity index (χ0v) is 18.1. The molecule has 1 saturated heterocycles. The molecule has 2 unspecified atom stereocenters. The number of nitrogens with one attached hydrogen (secondary N) is 1. The summed E-state index contributed by atoms with van der Waals surface area (Å²) in [6, 6.07) is 11.5. The summed E-state index contributed by atoms with van der Waals surface area (Å²) in [5.41, 5.74) is 6.75. The number of fused-ring (bicyclic) bond motifs is 1. The fourth-order valence-electron chi connectivity index (χ4n) is 4.24. The summed E-state index contributed by atoms with van der Waals surface area (Å²) in [5.74, 6) is 1.11. The van der Waals surface area contributed by atoms with E-state index in [1.165, 1.54) is 12.8 Å². The lowest BCUT2D eigenvalue weighted by Crippen LogP contribution is -2.47. The molecule has 7 heteroatoms. The first-order chi connectivity index (χ1) is 14.1. The maximum absolute atomic E-state index is 13.3. The molecule has 0 spiro atoms. The molecule has 0 aromatic heterocycles. The van der Waals surface area contributed by atoms with Gasteiger partial charge in [-0.3, -0.25) is 9.59 Å². The van der Waals surface area contributed by atoms with Crippen molar-refractivity contribution in [1.82, 2.24) is 10.2 Å². The number of nitrogens with two attached hydrogens (primary N) is 1. The molecule has 1 saturated carbocycles. The number of carbonyl (C=O) groups is 2. The number of hydrogen-bond donors (Lipinski definition) is 2. The van der Waals surface area contributed by atoms with E-state index >= 15 is 0 Å². The molecule has 1 aliphatic carbocycles. The Hall–Kier alpha value is -2.31. The average Bonchev–Trinajstić information content (AvgIpc) is 3.61. The van der Waals surface area contributed by atoms with Crippen LogP contribution in [0.2, 0.25) is 0 Å². The summed E-state index contributed by atoms with van der Waals surface area (Å²) in [6.07, 6.45) is 3.96. The van der Waals surface area contributed by atoms with Crippen molar-refractivity contribution in [3.63, 3.8) is 0 Å². The molecule has 2 aromatic rings. The van der Waals surface area contributed by atoms with E-state index in [4.69, 9.17) is 10.5 Å². The Labute approximate surface area is 183 Å². The van der Waals surface area contributed by atoms with Crippen LogP contribution in [-0.2, 0) is 4.79 Å². The first kappa shape index (κ1) is 22.4. The summed E-state index contributed by atoms with van der Waals surface area (Å²) in [4.78, 5) is 27.7. The second-order valence-electron chi connectivity index (χ2n) is 8.20. The molecule has 2 atom stereocenters. The monoisotopic (exact) mass is 431 g/mol. The predicted molar refractivity (Wildman–Crippen MR) is 120 cm³/mol. The predicted octanol–water partition coefficient (Wildman–Crippen LogP) is 2.98. The number of halogens is 1. The zero-order valence-electron chi connectivity index (χ0n) is 17.3. The molecule has 2 amide bonds. The van der Waals surface area contributed by atoms with Gasteiger partial charge in [0.2, 0.25) is 5.91 Å². The number of ether oxygens (including phenoxy) is 1. The van der Waals surface area contributed by atoms with Crippen molar-refractivity contribution in [2.75, 3.05) is 26.7 Å². The van der Waals surface area contributed by atoms with Crippen molar-refractivity contribution >= 4 is 35.0 Å². The largest absolute Gasteiger partial charge is 0.496 e. The van der Waals surface area contributed by atoms with Crippen LogP contribution in [0, 0.1) is 11.8 Å². The minimum absolute atomic E-state index is 0. The van der Waals surface area contributed by atoms with Crippen molar-refractivity contribution in [1.29, 1.82) is 0 Å². The summed E-state index contributed by atoms with van der Waals surface area (Å²) < 4.78 is 5.44. The molecule has 6 nitrogen and oxygen atoms in total. The van der Waals surface area contributed by atoms with E-state index in [9.17, 15) is 9.59 Å². The van der Waals surface area contributed by atoms with Gasteiger partial charge >= 0.3 is 0 Å². The van der Waals surface area contributed by atoms with Gasteiger partial charge in [-0.15, -0.1) is 12.4 Å². The van der Waals surface area contributed by atoms with Gasteiger partial charge in [-0.25, -0.2) is 0 Å². The second kappa shape index (κ2) is 9.67. The highest BCUT2D eigenvalue weighted by molar-refractivity contribution is 6.08. The van der Waals surface area contributed by atoms with E-state index in [0.717, 1.165) is 29.4 Å². The maximum atomic E-state index is 13.3. The Morgan fingerprint density at radius 1 is 1.17 bits per heavy atom. The smallest absolute Gasteiger partial charge is 0.254 e. The molecular weight excluding hydrogens is 402 g/mol. The lowest BCUT2D eigenvalue weighted by molar-refractivity contribution is -0.126. The van der Waals surface area contributed by atoms with Crippen LogP contribution in [-0.4, -0.2) is 49.5 Å². The number of methoxy groups -OCH3 is 1. The first-order valence-corrected chi connectivity index (χ1v) is 10.5. The minimum atomic E-state index is -0.177. The quantitative estimate of drug-likeness (QED) is 0.736. The fourth-order valence-corrected chi connectivity index (χ4v) is 4.24. The topological polar surface area (TPSA) is 84.7 Å². The van der Waals surface area contributed by atoms with Crippen LogP contribution in [0.3, 0.4) is 0 Å². The molecule has 0 radical (unpaired) electrons. The highest BCUT2D eigenvalue weighted by Crippen LogP contribution is 2.32. The molecule has 1 heterocycles. The lowest BCUT2D eigenvalue weighted by atomic mass is 9.95. The molecule has 0 bridgehead atoms. The van der Waals surface area contributed by atoms with Crippen molar-refractivity contribution in [2.24, 2.45) is 17.6 Å². The van der Waals surface area contributed by atoms with Crippen molar-refractivity contribution in [3.8, 4) is 5.75 Å². The minimum Gasteiger partial charge on any atom is -0.496 e. The maximum Gasteiger partial charge on any atom is 0.254 e. The van der Waals surface area contributed by atoms with Gasteiger partial charge in [0.25, 0.3) is 5.91 Å². The third-order valence-electron chi connectivity index (χ3n) is 6.15. The SMILES string of the molecule is COc1ccc(C(=O)N2CCCC(C(=O)NCC(N)C3CC3)C2)c2ccccc12.Cl. The Kier molecular flexibility index (Phi) is 7.21. The van der Waals surface area contributed by atoms with E-state index in [-0.39, 0.29) is 36.2 Å². The number of rotatable bonds is 6. The highest BCUT2D eigenvalue weighted by atomic mass is 35.5. The van der Waals surface area contributed by atoms with Gasteiger partial charge in [0.15, 0.2) is 0 Å². The third kappa shape index (κ3) is 4.71. The lowest BCUT2D eigenvalue weighted by Gasteiger charge is -2.32. The number of amides is 2. The standard InChI is InChI=1S/C23H29N3O3.ClH/c1-29-21-11-10-19(17-6-2-3-7-18(17)21)23(28)26-12-4-5-16(14-26)22(27)25-13-20(24)15-8-9-15;/h2-3,6-7,10-11,15-16,20H,4-5,8-9,12-14,24H2,1H3,(H,25,27);1H. The van der Waals surface area contributed by atoms with Gasteiger partial charge in [0, 0.05) is 36.6 Å². The molecule has 1 aliphatic heterocycles. The van der Waals surface area contributed by atoms with E-state index in [0.29, 0.717) is 31.1 Å². The third-order valence-corrected chi connectivity index (χ3v) is 6.15. The number of benzene rings is 2. The Balaban J connectivity index is 0.00000256. The normalized spacial score (nSPS) is 19.7. The Morgan fingerprint density at radius 2 is 1.90 bits per heavy atom. The number of piperidine rings is 1. The molecular formula is C23H30ClN3O3. The molecule has 2 aliphatic rings.